The molecule has 2 amide bonds. The Balaban J connectivity index is 3.59. The number of nitrogens with one attached hydrogen (secondary N) is 1. The quantitative estimate of drug-likeness (QED) is 0.598. The van der Waals surface area contributed by atoms with Crippen LogP contribution in [0.4, 0.5) is 0 Å². The first kappa shape index (κ1) is 15.4. The van der Waals surface area contributed by atoms with E-state index >= 15 is 0 Å². The molecule has 0 heterocycles. The maximum Gasteiger partial charge on any atom is 0.303 e. The molecular weight excluding hydrogens is 224 g/mol. The summed E-state index contributed by atoms with van der Waals surface area (Å²) in [5.41, 5.74) is 0. The second-order valence-corrected chi connectivity index (χ2v) is 3.79. The minimum atomic E-state index is -0.856. The van der Waals surface area contributed by atoms with Gasteiger partial charge in [0.25, 0.3) is 0 Å². The molecule has 17 heavy (non-hydrogen) atoms. The van der Waals surface area contributed by atoms with E-state index in [1.54, 1.807) is 7.05 Å². The number of unbranched alkanes of at least 4 members (excludes halogenated alkanes) is 1. The fraction of sp³-hybridized carbons (Fsp3) is 0.727. The smallest absolute Gasteiger partial charge is 0.303 e. The molecule has 0 unspecified atom stereocenters. The molecule has 0 aliphatic carbocycles. The van der Waals surface area contributed by atoms with Crippen molar-refractivity contribution >= 4 is 17.8 Å². The zero-order chi connectivity index (χ0) is 13.3. The minimum Gasteiger partial charge on any atom is -0.481 e. The molecule has 0 aromatic carbocycles. The highest BCUT2D eigenvalue weighted by molar-refractivity contribution is 5.84. The lowest BCUT2D eigenvalue weighted by Gasteiger charge is -2.14. The molecule has 6 nitrogen and oxygen atoms in total. The fourth-order valence-electron chi connectivity index (χ4n) is 1.14. The molecule has 0 aromatic rings. The topological polar surface area (TPSA) is 86.7 Å². The van der Waals surface area contributed by atoms with Crippen molar-refractivity contribution in [3.05, 3.63) is 0 Å². The van der Waals surface area contributed by atoms with Crippen molar-refractivity contribution in [2.75, 3.05) is 20.1 Å². The molecule has 0 saturated carbocycles. The highest BCUT2D eigenvalue weighted by Crippen LogP contribution is 1.99. The van der Waals surface area contributed by atoms with E-state index in [4.69, 9.17) is 5.11 Å². The van der Waals surface area contributed by atoms with Gasteiger partial charge in [0.2, 0.25) is 11.8 Å². The Kier molecular flexibility index (Phi) is 7.75. The van der Waals surface area contributed by atoms with Gasteiger partial charge in [0, 0.05) is 26.4 Å². The van der Waals surface area contributed by atoms with Crippen LogP contribution in [0.15, 0.2) is 0 Å². The van der Waals surface area contributed by atoms with E-state index in [9.17, 15) is 14.4 Å². The number of likely N-dealkylation sites (N-methyl/N-ethyl adjacent to an activating group) is 1. The zero-order valence-corrected chi connectivity index (χ0v) is 10.4. The lowest BCUT2D eigenvalue weighted by atomic mass is 10.2. The lowest BCUT2D eigenvalue weighted by Crippen LogP contribution is -2.37. The van der Waals surface area contributed by atoms with Crippen LogP contribution in [0.2, 0.25) is 0 Å². The van der Waals surface area contributed by atoms with Gasteiger partial charge in [0.05, 0.1) is 6.54 Å². The second-order valence-electron chi connectivity index (χ2n) is 3.79. The van der Waals surface area contributed by atoms with E-state index in [1.165, 1.54) is 4.90 Å². The van der Waals surface area contributed by atoms with E-state index in [0.29, 0.717) is 19.4 Å². The van der Waals surface area contributed by atoms with Crippen LogP contribution in [0.25, 0.3) is 0 Å². The van der Waals surface area contributed by atoms with Crippen molar-refractivity contribution < 1.29 is 19.5 Å². The number of carbonyl (C=O) groups is 3. The third kappa shape index (κ3) is 8.24. The van der Waals surface area contributed by atoms with Gasteiger partial charge >= 0.3 is 5.97 Å². The van der Waals surface area contributed by atoms with E-state index in [1.807, 2.05) is 6.92 Å². The van der Waals surface area contributed by atoms with Gasteiger partial charge < -0.3 is 15.3 Å². The molecule has 0 aliphatic rings. The first-order valence-corrected chi connectivity index (χ1v) is 5.69. The maximum atomic E-state index is 11.3. The molecule has 0 saturated heterocycles. The first-order valence-electron chi connectivity index (χ1n) is 5.69. The van der Waals surface area contributed by atoms with Crippen molar-refractivity contribution in [2.24, 2.45) is 0 Å². The van der Waals surface area contributed by atoms with Crippen LogP contribution < -0.4 is 5.32 Å². The molecule has 0 radical (unpaired) electrons. The Morgan fingerprint density at radius 1 is 1.18 bits per heavy atom. The number of amides is 2. The van der Waals surface area contributed by atoms with Crippen LogP contribution in [-0.2, 0) is 14.4 Å². The summed E-state index contributed by atoms with van der Waals surface area (Å²) in [4.78, 5) is 34.3. The van der Waals surface area contributed by atoms with Gasteiger partial charge in [0.15, 0.2) is 0 Å². The molecule has 2 N–H and O–H groups in total. The fourth-order valence-corrected chi connectivity index (χ4v) is 1.14. The summed E-state index contributed by atoms with van der Waals surface area (Å²) >= 11 is 0. The number of aliphatic carboxylic acids is 1. The zero-order valence-electron chi connectivity index (χ0n) is 10.4. The summed E-state index contributed by atoms with van der Waals surface area (Å²) in [5.74, 6) is -1.20. The molecule has 0 rings (SSSR count). The average Bonchev–Trinajstić information content (AvgIpc) is 2.30. The predicted molar refractivity (Wildman–Crippen MR) is 62.4 cm³/mol. The van der Waals surface area contributed by atoms with E-state index in [-0.39, 0.29) is 31.2 Å². The third-order valence-corrected chi connectivity index (χ3v) is 2.38. The number of hydrogen-bond donors (Lipinski definition) is 2. The van der Waals surface area contributed by atoms with Crippen LogP contribution in [0, 0.1) is 0 Å². The summed E-state index contributed by atoms with van der Waals surface area (Å²) in [7, 11) is 1.67. The molecule has 98 valence electrons. The Morgan fingerprint density at radius 3 is 2.29 bits per heavy atom. The maximum absolute atomic E-state index is 11.3. The van der Waals surface area contributed by atoms with Crippen LogP contribution in [0.1, 0.15) is 32.6 Å². The van der Waals surface area contributed by atoms with Gasteiger partial charge in [-0.25, -0.2) is 0 Å². The Bertz CT molecular complexity index is 279. The molecule has 0 aliphatic heterocycles. The minimum absolute atomic E-state index is 0.00209. The highest BCUT2D eigenvalue weighted by Gasteiger charge is 2.08. The van der Waals surface area contributed by atoms with E-state index in [2.05, 4.69) is 5.32 Å². The molecular formula is C11H20N2O4. The summed E-state index contributed by atoms with van der Waals surface area (Å²) in [6.07, 6.45) is 1.34. The lowest BCUT2D eigenvalue weighted by molar-refractivity contribution is -0.137. The standard InChI is InChI=1S/C11H20N2O4/c1-3-13(2)10(15)8-12-9(14)6-4-5-7-11(16)17/h3-8H2,1-2H3,(H,12,14)(H,16,17). The number of nitrogens with zero attached hydrogens (tertiary/aromatic N) is 1. The monoisotopic (exact) mass is 244 g/mol. The number of carboxylic acid groups (broad SMARTS) is 1. The van der Waals surface area contributed by atoms with Crippen LogP contribution in [0.3, 0.4) is 0 Å². The van der Waals surface area contributed by atoms with Gasteiger partial charge in [-0.15, -0.1) is 0 Å². The summed E-state index contributed by atoms with van der Waals surface area (Å²) in [5, 5.41) is 10.9. The number of hydrogen-bond acceptors (Lipinski definition) is 3. The summed E-state index contributed by atoms with van der Waals surface area (Å²) in [6, 6.07) is 0. The van der Waals surface area contributed by atoms with Crippen molar-refractivity contribution in [1.82, 2.24) is 10.2 Å². The predicted octanol–water partition coefficient (Wildman–Crippen LogP) is 0.226. The van der Waals surface area contributed by atoms with Crippen LogP contribution in [0.5, 0.6) is 0 Å². The van der Waals surface area contributed by atoms with E-state index < -0.39 is 5.97 Å². The van der Waals surface area contributed by atoms with Gasteiger partial charge in [-0.05, 0) is 19.8 Å². The SMILES string of the molecule is CCN(C)C(=O)CNC(=O)CCCCC(=O)O. The first-order chi connectivity index (χ1) is 7.97. The Morgan fingerprint density at radius 2 is 1.76 bits per heavy atom. The second kappa shape index (κ2) is 8.55. The number of carboxylic acids is 1. The van der Waals surface area contributed by atoms with Gasteiger partial charge in [-0.3, -0.25) is 14.4 Å². The van der Waals surface area contributed by atoms with Gasteiger partial charge in [-0.2, -0.15) is 0 Å². The largest absolute Gasteiger partial charge is 0.481 e. The number of carbonyl (C=O) groups excluding carboxylic acids is 2. The summed E-state index contributed by atoms with van der Waals surface area (Å²) in [6.45, 7) is 2.46. The van der Waals surface area contributed by atoms with Crippen LogP contribution in [-0.4, -0.2) is 47.9 Å². The molecule has 0 aromatic heterocycles. The highest BCUT2D eigenvalue weighted by atomic mass is 16.4. The normalized spacial score (nSPS) is 9.76. The van der Waals surface area contributed by atoms with Gasteiger partial charge in [-0.1, -0.05) is 0 Å². The van der Waals surface area contributed by atoms with Crippen molar-refractivity contribution in [1.29, 1.82) is 0 Å². The van der Waals surface area contributed by atoms with Gasteiger partial charge in [0.1, 0.15) is 0 Å². The molecule has 0 spiro atoms. The average molecular weight is 244 g/mol. The van der Waals surface area contributed by atoms with Crippen LogP contribution >= 0.6 is 0 Å². The van der Waals surface area contributed by atoms with Crippen molar-refractivity contribution in [2.45, 2.75) is 32.6 Å². The molecule has 0 atom stereocenters. The Labute approximate surface area is 101 Å². The molecule has 0 bridgehead atoms. The summed E-state index contributed by atoms with van der Waals surface area (Å²) < 4.78 is 0. The third-order valence-electron chi connectivity index (χ3n) is 2.38. The van der Waals surface area contributed by atoms with Crippen molar-refractivity contribution in [3.8, 4) is 0 Å². The van der Waals surface area contributed by atoms with E-state index in [0.717, 1.165) is 0 Å². The molecule has 0 fully saturated rings. The number of rotatable bonds is 8. The molecule has 6 heteroatoms. The van der Waals surface area contributed by atoms with Crippen molar-refractivity contribution in [3.63, 3.8) is 0 Å². The Hall–Kier alpha value is -1.59.